The third-order valence-corrected chi connectivity index (χ3v) is 2.71. The molecule has 2 nitrogen and oxygen atoms in total. The van der Waals surface area contributed by atoms with E-state index >= 15 is 0 Å². The molecule has 0 aromatic heterocycles. The van der Waals surface area contributed by atoms with Crippen molar-refractivity contribution in [1.82, 2.24) is 0 Å². The van der Waals surface area contributed by atoms with Crippen molar-refractivity contribution in [1.29, 1.82) is 5.26 Å². The molecule has 0 saturated carbocycles. The summed E-state index contributed by atoms with van der Waals surface area (Å²) in [5.41, 5.74) is 1.66. The molecule has 4 heteroatoms. The van der Waals surface area contributed by atoms with Crippen molar-refractivity contribution in [2.24, 2.45) is 0 Å². The van der Waals surface area contributed by atoms with Gasteiger partial charge in [-0.25, -0.2) is 0 Å². The minimum absolute atomic E-state index is 0.0901. The van der Waals surface area contributed by atoms with Crippen LogP contribution in [0, 0.1) is 11.3 Å². The van der Waals surface area contributed by atoms with Crippen LogP contribution in [0.1, 0.15) is 28.4 Å². The quantitative estimate of drug-likeness (QED) is 0.632. The van der Waals surface area contributed by atoms with E-state index in [0.29, 0.717) is 17.0 Å². The van der Waals surface area contributed by atoms with Crippen LogP contribution in [0.25, 0.3) is 0 Å². The van der Waals surface area contributed by atoms with E-state index in [1.807, 2.05) is 6.07 Å². The molecular weight excluding hydrogens is 277 g/mol. The highest BCUT2D eigenvalue weighted by Gasteiger charge is 2.16. The monoisotopic (exact) mass is 285 g/mol. The van der Waals surface area contributed by atoms with Crippen LogP contribution in [0.15, 0.2) is 18.2 Å². The number of halogens is 2. The van der Waals surface area contributed by atoms with E-state index in [4.69, 9.17) is 16.9 Å². The third-order valence-electron chi connectivity index (χ3n) is 1.99. The maximum atomic E-state index is 11.7. The summed E-state index contributed by atoms with van der Waals surface area (Å²) in [7, 11) is 0. The van der Waals surface area contributed by atoms with Gasteiger partial charge in [0.25, 0.3) is 0 Å². The Morgan fingerprint density at radius 2 is 2.33 bits per heavy atom. The number of alkyl halides is 2. The molecule has 0 fully saturated rings. The number of hydrogen-bond donors (Lipinski definition) is 0. The molecule has 0 heterocycles. The predicted octanol–water partition coefficient (Wildman–Crippen LogP) is 3.26. The van der Waals surface area contributed by atoms with E-state index in [1.54, 1.807) is 25.1 Å². The van der Waals surface area contributed by atoms with Crippen molar-refractivity contribution >= 4 is 33.3 Å². The lowest BCUT2D eigenvalue weighted by molar-refractivity contribution is 0.0995. The average Bonchev–Trinajstić information content (AvgIpc) is 2.27. The van der Waals surface area contributed by atoms with Gasteiger partial charge < -0.3 is 0 Å². The van der Waals surface area contributed by atoms with Crippen molar-refractivity contribution < 1.29 is 4.79 Å². The zero-order valence-electron chi connectivity index (χ0n) is 8.13. The largest absolute Gasteiger partial charge is 0.293 e. The highest BCUT2D eigenvalue weighted by Crippen LogP contribution is 2.17. The molecule has 0 amide bonds. The van der Waals surface area contributed by atoms with E-state index in [-0.39, 0.29) is 10.6 Å². The van der Waals surface area contributed by atoms with E-state index in [1.165, 1.54) is 0 Å². The van der Waals surface area contributed by atoms with Gasteiger partial charge in [-0.3, -0.25) is 4.79 Å². The lowest BCUT2D eigenvalue weighted by atomic mass is 10.0. The van der Waals surface area contributed by atoms with Gasteiger partial charge in [0.05, 0.1) is 16.5 Å². The summed E-state index contributed by atoms with van der Waals surface area (Å²) in [4.78, 5) is 11.4. The number of rotatable bonds is 3. The first kappa shape index (κ1) is 12.2. The molecule has 15 heavy (non-hydrogen) atoms. The number of benzene rings is 1. The normalized spacial score (nSPS) is 11.9. The summed E-state index contributed by atoms with van der Waals surface area (Å²) < 4.78 is 0. The maximum absolute atomic E-state index is 11.7. The van der Waals surface area contributed by atoms with Gasteiger partial charge in [0.1, 0.15) is 0 Å². The summed E-state index contributed by atoms with van der Waals surface area (Å²) in [6.45, 7) is 1.74. The van der Waals surface area contributed by atoms with Gasteiger partial charge >= 0.3 is 0 Å². The van der Waals surface area contributed by atoms with Crippen molar-refractivity contribution in [2.75, 3.05) is 0 Å². The van der Waals surface area contributed by atoms with Crippen LogP contribution in [0.3, 0.4) is 0 Å². The smallest absolute Gasteiger partial charge is 0.177 e. The summed E-state index contributed by atoms with van der Waals surface area (Å²) in [5, 5.41) is 8.91. The SMILES string of the molecule is CC(Br)C(=O)c1ccc(CCl)cc1C#N. The summed E-state index contributed by atoms with van der Waals surface area (Å²) in [5.74, 6) is 0.250. The molecule has 1 unspecified atom stereocenters. The molecule has 1 atom stereocenters. The van der Waals surface area contributed by atoms with Crippen LogP contribution < -0.4 is 0 Å². The van der Waals surface area contributed by atoms with Gasteiger partial charge in [0.15, 0.2) is 5.78 Å². The van der Waals surface area contributed by atoms with Gasteiger partial charge in [-0.1, -0.05) is 22.0 Å². The molecule has 0 spiro atoms. The molecular formula is C11H9BrClNO. The maximum Gasteiger partial charge on any atom is 0.177 e. The fourth-order valence-corrected chi connectivity index (χ4v) is 1.61. The number of carbonyl (C=O) groups excluding carboxylic acids is 1. The van der Waals surface area contributed by atoms with Crippen molar-refractivity contribution in [3.63, 3.8) is 0 Å². The van der Waals surface area contributed by atoms with Gasteiger partial charge in [-0.2, -0.15) is 5.26 Å². The van der Waals surface area contributed by atoms with Crippen LogP contribution in [0.4, 0.5) is 0 Å². The van der Waals surface area contributed by atoms with E-state index in [0.717, 1.165) is 5.56 Å². The molecule has 0 bridgehead atoms. The molecule has 1 aromatic carbocycles. The van der Waals surface area contributed by atoms with Crippen LogP contribution in [0.5, 0.6) is 0 Å². The van der Waals surface area contributed by atoms with Gasteiger partial charge in [0.2, 0.25) is 0 Å². The Bertz CT molecular complexity index is 423. The molecule has 1 rings (SSSR count). The Hall–Kier alpha value is -0.850. The topological polar surface area (TPSA) is 40.9 Å². The van der Waals surface area contributed by atoms with Gasteiger partial charge in [-0.05, 0) is 24.6 Å². The summed E-state index contributed by atoms with van der Waals surface area (Å²) in [6.07, 6.45) is 0. The number of nitriles is 1. The first-order valence-corrected chi connectivity index (χ1v) is 5.82. The van der Waals surface area contributed by atoms with Crippen molar-refractivity contribution in [3.05, 3.63) is 34.9 Å². The van der Waals surface area contributed by atoms with Crippen LogP contribution in [0.2, 0.25) is 0 Å². The Kier molecular flexibility index (Phi) is 4.31. The van der Waals surface area contributed by atoms with Crippen molar-refractivity contribution in [3.8, 4) is 6.07 Å². The molecule has 0 aliphatic heterocycles. The minimum atomic E-state index is -0.286. The van der Waals surface area contributed by atoms with Crippen LogP contribution >= 0.6 is 27.5 Å². The molecule has 0 saturated heterocycles. The molecule has 0 radical (unpaired) electrons. The molecule has 1 aromatic rings. The first-order valence-electron chi connectivity index (χ1n) is 4.37. The zero-order valence-corrected chi connectivity index (χ0v) is 10.5. The second-order valence-electron chi connectivity index (χ2n) is 3.11. The fraction of sp³-hybridized carbons (Fsp3) is 0.273. The van der Waals surface area contributed by atoms with E-state index < -0.39 is 0 Å². The highest BCUT2D eigenvalue weighted by molar-refractivity contribution is 9.10. The van der Waals surface area contributed by atoms with E-state index in [2.05, 4.69) is 15.9 Å². The number of hydrogen-bond acceptors (Lipinski definition) is 2. The van der Waals surface area contributed by atoms with Crippen molar-refractivity contribution in [2.45, 2.75) is 17.6 Å². The fourth-order valence-electron chi connectivity index (χ4n) is 1.20. The molecule has 0 N–H and O–H groups in total. The number of ketones is 1. The Morgan fingerprint density at radius 1 is 1.67 bits per heavy atom. The standard InChI is InChI=1S/C11H9BrClNO/c1-7(12)11(15)10-3-2-8(5-13)4-9(10)6-14/h2-4,7H,5H2,1H3. The Morgan fingerprint density at radius 3 is 2.80 bits per heavy atom. The molecule has 78 valence electrons. The van der Waals surface area contributed by atoms with E-state index in [9.17, 15) is 4.79 Å². The summed E-state index contributed by atoms with van der Waals surface area (Å²) >= 11 is 8.84. The number of nitrogens with zero attached hydrogens (tertiary/aromatic N) is 1. The zero-order chi connectivity index (χ0) is 11.4. The highest BCUT2D eigenvalue weighted by atomic mass is 79.9. The number of Topliss-reactive ketones (excluding diaryl/α,β-unsaturated/α-hetero) is 1. The van der Waals surface area contributed by atoms with Gasteiger partial charge in [0, 0.05) is 11.4 Å². The number of carbonyl (C=O) groups is 1. The van der Waals surface area contributed by atoms with Crippen LogP contribution in [-0.4, -0.2) is 10.6 Å². The molecule has 0 aliphatic carbocycles. The Labute approximate surface area is 102 Å². The first-order chi connectivity index (χ1) is 7.10. The van der Waals surface area contributed by atoms with Crippen LogP contribution in [-0.2, 0) is 5.88 Å². The minimum Gasteiger partial charge on any atom is -0.293 e. The average molecular weight is 287 g/mol. The predicted molar refractivity (Wildman–Crippen MR) is 63.4 cm³/mol. The second kappa shape index (κ2) is 5.29. The third kappa shape index (κ3) is 2.80. The summed E-state index contributed by atoms with van der Waals surface area (Å²) in [6, 6.07) is 7.06. The second-order valence-corrected chi connectivity index (χ2v) is 4.75. The lowest BCUT2D eigenvalue weighted by Gasteiger charge is -2.06. The van der Waals surface area contributed by atoms with Gasteiger partial charge in [-0.15, -0.1) is 11.6 Å². The lowest BCUT2D eigenvalue weighted by Crippen LogP contribution is -2.11. The molecule has 0 aliphatic rings. The Balaban J connectivity index is 3.21.